The van der Waals surface area contributed by atoms with Gasteiger partial charge in [0.1, 0.15) is 6.73 Å². The van der Waals surface area contributed by atoms with Gasteiger partial charge in [-0.1, -0.05) is 32.2 Å². The predicted octanol–water partition coefficient (Wildman–Crippen LogP) is 1.84. The van der Waals surface area contributed by atoms with Gasteiger partial charge in [0, 0.05) is 23.8 Å². The number of hydrogen-bond acceptors (Lipinski definition) is 5. The molecule has 0 spiro atoms. The Labute approximate surface area is 231 Å². The Bertz CT molecular complexity index is 1030. The molecule has 2 heterocycles. The van der Waals surface area contributed by atoms with Crippen molar-refractivity contribution in [3.8, 4) is 6.07 Å². The number of ether oxygens (including phenoxy) is 1. The number of carbonyl (C=O) groups excluding carboxylic acids is 1. The number of esters is 1. The molecule has 1 fully saturated rings. The van der Waals surface area contributed by atoms with Crippen LogP contribution in [0.3, 0.4) is 0 Å². The summed E-state index contributed by atoms with van der Waals surface area (Å²) in [7, 11) is 1.64. The summed E-state index contributed by atoms with van der Waals surface area (Å²) in [5, 5.41) is 26.6. The van der Waals surface area contributed by atoms with Crippen molar-refractivity contribution in [3.05, 3.63) is 47.2 Å². The van der Waals surface area contributed by atoms with Crippen LogP contribution in [0.4, 0.5) is 5.82 Å². The molecule has 1 aliphatic rings. The number of nitriles is 1. The second-order valence-corrected chi connectivity index (χ2v) is 8.79. The van der Waals surface area contributed by atoms with E-state index >= 15 is 0 Å². The molecule has 8 nitrogen and oxygen atoms in total. The molecule has 0 aromatic carbocycles. The van der Waals surface area contributed by atoms with Crippen molar-refractivity contribution in [2.24, 2.45) is 11.3 Å². The maximum atomic E-state index is 12.1. The standard InChI is InChI=1S/C23H29N6O2.K/c1-23(2,3)22(30)31-15-28-12-10-18(21(28)26-4)20(25)17-13-27-29(14-17)19(9-11-24)16-7-5-6-8-16;/h9-10,12-14,16H,5-8,15H2,1-4H3,(H-,25,26);/q-1;+1/b19-9+;. The van der Waals surface area contributed by atoms with Gasteiger partial charge < -0.3 is 14.6 Å². The van der Waals surface area contributed by atoms with Crippen molar-refractivity contribution in [1.29, 1.82) is 10.7 Å². The first-order chi connectivity index (χ1) is 14.8. The van der Waals surface area contributed by atoms with Gasteiger partial charge in [-0.15, -0.1) is 0 Å². The van der Waals surface area contributed by atoms with Gasteiger partial charge in [-0.25, -0.2) is 4.68 Å². The molecule has 0 saturated heterocycles. The van der Waals surface area contributed by atoms with Crippen LogP contribution in [-0.2, 0) is 16.3 Å². The van der Waals surface area contributed by atoms with Gasteiger partial charge in [0.05, 0.1) is 29.1 Å². The minimum Gasteiger partial charge on any atom is -0.468 e. The van der Waals surface area contributed by atoms with Crippen LogP contribution in [0.15, 0.2) is 30.7 Å². The molecular weight excluding hydrogens is 431 g/mol. The zero-order valence-corrected chi connectivity index (χ0v) is 22.7. The van der Waals surface area contributed by atoms with Crippen LogP contribution in [0, 0.1) is 28.1 Å². The number of nitrogens with zero attached hydrogens (tertiary/aromatic N) is 5. The Morgan fingerprint density at radius 3 is 2.69 bits per heavy atom. The van der Waals surface area contributed by atoms with Crippen molar-refractivity contribution in [3.63, 3.8) is 0 Å². The molecule has 0 atom stereocenters. The number of hydrogen-bond donors (Lipinski definition) is 1. The molecule has 0 aliphatic heterocycles. The molecule has 3 rings (SSSR count). The first-order valence-corrected chi connectivity index (χ1v) is 10.5. The normalized spacial score (nSPS) is 14.5. The van der Waals surface area contributed by atoms with Crippen LogP contribution in [0.25, 0.3) is 11.0 Å². The van der Waals surface area contributed by atoms with E-state index in [-0.39, 0.29) is 69.8 Å². The van der Waals surface area contributed by atoms with Gasteiger partial charge in [-0.3, -0.25) is 10.2 Å². The summed E-state index contributed by atoms with van der Waals surface area (Å²) in [6.45, 7) is 5.44. The largest absolute Gasteiger partial charge is 1.00 e. The van der Waals surface area contributed by atoms with Crippen molar-refractivity contribution in [2.45, 2.75) is 53.2 Å². The van der Waals surface area contributed by atoms with Gasteiger partial charge in [0.2, 0.25) is 0 Å². The Balaban J connectivity index is 0.00000363. The van der Waals surface area contributed by atoms with E-state index < -0.39 is 5.41 Å². The zero-order chi connectivity index (χ0) is 22.6. The van der Waals surface area contributed by atoms with Crippen LogP contribution in [0.2, 0.25) is 0 Å². The summed E-state index contributed by atoms with van der Waals surface area (Å²) in [6, 6.07) is 3.92. The molecule has 0 amide bonds. The van der Waals surface area contributed by atoms with E-state index in [9.17, 15) is 10.1 Å². The molecule has 2 aromatic rings. The molecule has 1 aliphatic carbocycles. The Kier molecular flexibility index (Phi) is 9.48. The second-order valence-electron chi connectivity index (χ2n) is 8.79. The Morgan fingerprint density at radius 2 is 2.09 bits per heavy atom. The van der Waals surface area contributed by atoms with E-state index in [1.807, 2.05) is 0 Å². The van der Waals surface area contributed by atoms with Crippen LogP contribution < -0.4 is 51.4 Å². The molecule has 32 heavy (non-hydrogen) atoms. The van der Waals surface area contributed by atoms with Gasteiger partial charge in [0.25, 0.3) is 0 Å². The van der Waals surface area contributed by atoms with E-state index in [2.05, 4.69) is 16.5 Å². The van der Waals surface area contributed by atoms with Crippen molar-refractivity contribution in [2.75, 3.05) is 7.05 Å². The van der Waals surface area contributed by atoms with Crippen LogP contribution in [0.5, 0.6) is 0 Å². The maximum Gasteiger partial charge on any atom is 1.00 e. The molecule has 9 heteroatoms. The summed E-state index contributed by atoms with van der Waals surface area (Å²) in [6.07, 6.45) is 11.2. The van der Waals surface area contributed by atoms with Gasteiger partial charge in [-0.05, 0) is 45.0 Å². The molecular formula is C23H29KN6O2. The fraction of sp³-hybridized carbons (Fsp3) is 0.478. The third-order valence-corrected chi connectivity index (χ3v) is 5.48. The summed E-state index contributed by atoms with van der Waals surface area (Å²) in [4.78, 5) is 12.1. The first-order valence-electron chi connectivity index (χ1n) is 10.5. The van der Waals surface area contributed by atoms with E-state index in [0.717, 1.165) is 31.4 Å². The smallest absolute Gasteiger partial charge is 0.468 e. The number of rotatable bonds is 7. The molecule has 0 bridgehead atoms. The van der Waals surface area contributed by atoms with Crippen LogP contribution in [0.1, 0.15) is 57.6 Å². The summed E-state index contributed by atoms with van der Waals surface area (Å²) in [5.74, 6) is 0.578. The average Bonchev–Trinajstić information content (AvgIpc) is 3.49. The van der Waals surface area contributed by atoms with Gasteiger partial charge in [0.15, 0.2) is 0 Å². The average molecular weight is 461 g/mol. The van der Waals surface area contributed by atoms with Crippen molar-refractivity contribution in [1.82, 2.24) is 14.3 Å². The third kappa shape index (κ3) is 6.00. The fourth-order valence-electron chi connectivity index (χ4n) is 3.76. The third-order valence-electron chi connectivity index (χ3n) is 5.48. The van der Waals surface area contributed by atoms with E-state index in [1.165, 1.54) is 0 Å². The number of aromatic nitrogens is 3. The zero-order valence-electron chi connectivity index (χ0n) is 19.6. The van der Waals surface area contributed by atoms with E-state index in [4.69, 9.17) is 10.1 Å². The Hall–Kier alpha value is -1.70. The first kappa shape index (κ1) is 26.5. The number of carbonyl (C=O) groups is 1. The predicted molar refractivity (Wildman–Crippen MR) is 119 cm³/mol. The fourth-order valence-corrected chi connectivity index (χ4v) is 3.76. The van der Waals surface area contributed by atoms with Crippen LogP contribution >= 0.6 is 0 Å². The number of allylic oxidation sites excluding steroid dienone is 2. The monoisotopic (exact) mass is 460 g/mol. The summed E-state index contributed by atoms with van der Waals surface area (Å²) in [5.41, 5.74) is 1.83. The number of nitrogens with one attached hydrogen (secondary N) is 1. The molecule has 0 radical (unpaired) electrons. The molecule has 1 N–H and O–H groups in total. The SMILES string of the molecule is C[N-]c1c(C(=N)c2cnn(/C(=C/C#N)C3CCCC3)c2)ccn1COC(=O)C(C)(C)C.[K+]. The van der Waals surface area contributed by atoms with E-state index in [0.29, 0.717) is 22.9 Å². The topological polar surface area (TPSA) is 111 Å². The molecule has 2 aromatic heterocycles. The molecule has 0 unspecified atom stereocenters. The molecule has 1 saturated carbocycles. The second kappa shape index (κ2) is 11.4. The van der Waals surface area contributed by atoms with Gasteiger partial charge >= 0.3 is 57.4 Å². The maximum absolute atomic E-state index is 12.1. The quantitative estimate of drug-likeness (QED) is 0.294. The summed E-state index contributed by atoms with van der Waals surface area (Å²) >= 11 is 0. The molecule has 164 valence electrons. The van der Waals surface area contributed by atoms with Crippen LogP contribution in [-0.4, -0.2) is 33.1 Å². The minimum atomic E-state index is -0.589. The van der Waals surface area contributed by atoms with Gasteiger partial charge in [-0.2, -0.15) is 10.4 Å². The van der Waals surface area contributed by atoms with E-state index in [1.54, 1.807) is 67.8 Å². The Morgan fingerprint density at radius 1 is 1.41 bits per heavy atom. The van der Waals surface area contributed by atoms with Crippen molar-refractivity contribution >= 4 is 23.2 Å². The van der Waals surface area contributed by atoms with Crippen molar-refractivity contribution < 1.29 is 60.9 Å². The minimum absolute atomic E-state index is 0. The summed E-state index contributed by atoms with van der Waals surface area (Å²) < 4.78 is 8.81.